The molecule has 36 heavy (non-hydrogen) atoms. The summed E-state index contributed by atoms with van der Waals surface area (Å²) in [5, 5.41) is 11.4. The van der Waals surface area contributed by atoms with Crippen LogP contribution < -0.4 is 15.5 Å². The van der Waals surface area contributed by atoms with Gasteiger partial charge in [0.2, 0.25) is 5.91 Å². The van der Waals surface area contributed by atoms with E-state index in [0.717, 1.165) is 47.4 Å². The van der Waals surface area contributed by atoms with E-state index < -0.39 is 0 Å². The van der Waals surface area contributed by atoms with E-state index in [0.29, 0.717) is 42.6 Å². The van der Waals surface area contributed by atoms with E-state index in [2.05, 4.69) is 25.6 Å². The number of aryl methyl sites for hydroxylation is 1. The molecule has 3 aromatic heterocycles. The lowest BCUT2D eigenvalue weighted by Crippen LogP contribution is -2.47. The molecule has 1 saturated carbocycles. The van der Waals surface area contributed by atoms with E-state index in [-0.39, 0.29) is 11.8 Å². The lowest BCUT2D eigenvalue weighted by molar-refractivity contribution is -0.120. The molecule has 1 aliphatic heterocycles. The van der Waals surface area contributed by atoms with Gasteiger partial charge in [-0.25, -0.2) is 9.97 Å². The number of piperazine rings is 1. The molecule has 0 bridgehead atoms. The SMILES string of the molecule is Cc1nn(-c2ccccn2)c2nc(C3CC3)cc(C(=O)NCc3ccc(N4CCNC(=O)C4)cc3)c12. The smallest absolute Gasteiger partial charge is 0.252 e. The number of carbonyl (C=O) groups is 2. The fourth-order valence-electron chi connectivity index (χ4n) is 4.68. The Kier molecular flexibility index (Phi) is 5.59. The van der Waals surface area contributed by atoms with Gasteiger partial charge < -0.3 is 15.5 Å². The van der Waals surface area contributed by atoms with Gasteiger partial charge >= 0.3 is 0 Å². The summed E-state index contributed by atoms with van der Waals surface area (Å²) in [5.41, 5.74) is 4.92. The van der Waals surface area contributed by atoms with Gasteiger partial charge in [-0.15, -0.1) is 0 Å². The summed E-state index contributed by atoms with van der Waals surface area (Å²) in [6.45, 7) is 4.10. The van der Waals surface area contributed by atoms with Crippen LogP contribution in [0.15, 0.2) is 54.7 Å². The number of nitrogens with zero attached hydrogens (tertiary/aromatic N) is 5. The molecule has 2 N–H and O–H groups in total. The van der Waals surface area contributed by atoms with Gasteiger partial charge in [0.25, 0.3) is 5.91 Å². The van der Waals surface area contributed by atoms with Crippen LogP contribution in [0.5, 0.6) is 0 Å². The van der Waals surface area contributed by atoms with Gasteiger partial charge in [-0.3, -0.25) is 9.59 Å². The number of rotatable bonds is 6. The van der Waals surface area contributed by atoms with Crippen molar-refractivity contribution in [1.82, 2.24) is 30.4 Å². The van der Waals surface area contributed by atoms with Crippen LogP contribution in [0, 0.1) is 6.92 Å². The van der Waals surface area contributed by atoms with Gasteiger partial charge in [0.1, 0.15) is 0 Å². The number of pyridine rings is 2. The minimum atomic E-state index is -0.148. The topological polar surface area (TPSA) is 105 Å². The Balaban J connectivity index is 1.26. The number of benzene rings is 1. The van der Waals surface area contributed by atoms with Crippen LogP contribution in [0.1, 0.15) is 46.1 Å². The van der Waals surface area contributed by atoms with Crippen molar-refractivity contribution >= 4 is 28.5 Å². The number of aromatic nitrogens is 4. The molecular formula is C27H27N7O2. The van der Waals surface area contributed by atoms with Crippen molar-refractivity contribution in [3.63, 3.8) is 0 Å². The molecule has 0 spiro atoms. The van der Waals surface area contributed by atoms with E-state index in [1.165, 1.54) is 0 Å². The normalized spacial score (nSPS) is 15.7. The number of anilines is 1. The highest BCUT2D eigenvalue weighted by molar-refractivity contribution is 6.06. The highest BCUT2D eigenvalue weighted by Gasteiger charge is 2.29. The zero-order valence-corrected chi connectivity index (χ0v) is 20.1. The van der Waals surface area contributed by atoms with Gasteiger partial charge in [0.05, 0.1) is 23.2 Å². The minimum Gasteiger partial charge on any atom is -0.360 e. The molecule has 2 fully saturated rings. The number of hydrogen-bond donors (Lipinski definition) is 2. The summed E-state index contributed by atoms with van der Waals surface area (Å²) in [6.07, 6.45) is 3.89. The average molecular weight is 482 g/mol. The lowest BCUT2D eigenvalue weighted by Gasteiger charge is -2.28. The molecule has 6 rings (SSSR count). The Morgan fingerprint density at radius 2 is 2.00 bits per heavy atom. The quantitative estimate of drug-likeness (QED) is 0.439. The molecule has 4 aromatic rings. The van der Waals surface area contributed by atoms with Crippen molar-refractivity contribution in [2.45, 2.75) is 32.2 Å². The molecule has 182 valence electrons. The van der Waals surface area contributed by atoms with Crippen molar-refractivity contribution in [3.8, 4) is 5.82 Å². The Morgan fingerprint density at radius 1 is 1.17 bits per heavy atom. The zero-order chi connectivity index (χ0) is 24.6. The minimum absolute atomic E-state index is 0.0356. The van der Waals surface area contributed by atoms with Crippen LogP contribution in [-0.4, -0.2) is 51.2 Å². The third-order valence-electron chi connectivity index (χ3n) is 6.73. The van der Waals surface area contributed by atoms with Crippen molar-refractivity contribution in [2.24, 2.45) is 0 Å². The van der Waals surface area contributed by atoms with E-state index in [4.69, 9.17) is 4.98 Å². The largest absolute Gasteiger partial charge is 0.360 e. The van der Waals surface area contributed by atoms with E-state index in [9.17, 15) is 9.59 Å². The molecule has 0 atom stereocenters. The van der Waals surface area contributed by atoms with Crippen LogP contribution in [0.4, 0.5) is 5.69 Å². The maximum absolute atomic E-state index is 13.4. The van der Waals surface area contributed by atoms with Gasteiger partial charge in [0, 0.05) is 43.1 Å². The Morgan fingerprint density at radius 3 is 2.72 bits per heavy atom. The number of amides is 2. The summed E-state index contributed by atoms with van der Waals surface area (Å²) < 4.78 is 1.73. The predicted molar refractivity (Wildman–Crippen MR) is 136 cm³/mol. The lowest BCUT2D eigenvalue weighted by atomic mass is 10.1. The van der Waals surface area contributed by atoms with Crippen LogP contribution in [0.25, 0.3) is 16.9 Å². The summed E-state index contributed by atoms with van der Waals surface area (Å²) >= 11 is 0. The summed E-state index contributed by atoms with van der Waals surface area (Å²) in [6, 6.07) is 15.6. The first-order valence-corrected chi connectivity index (χ1v) is 12.3. The van der Waals surface area contributed by atoms with E-state index in [1.54, 1.807) is 10.9 Å². The Bertz CT molecular complexity index is 1440. The molecular weight excluding hydrogens is 454 g/mol. The third kappa shape index (κ3) is 4.28. The number of hydrogen-bond acceptors (Lipinski definition) is 6. The molecule has 1 aromatic carbocycles. The molecule has 9 heteroatoms. The van der Waals surface area contributed by atoms with Crippen molar-refractivity contribution in [2.75, 3.05) is 24.5 Å². The summed E-state index contributed by atoms with van der Waals surface area (Å²) in [4.78, 5) is 36.5. The second kappa shape index (κ2) is 9.07. The monoisotopic (exact) mass is 481 g/mol. The molecule has 1 aliphatic carbocycles. The Hall–Kier alpha value is -4.27. The number of fused-ring (bicyclic) bond motifs is 1. The van der Waals surface area contributed by atoms with Gasteiger partial charge in [-0.2, -0.15) is 9.78 Å². The summed E-state index contributed by atoms with van der Waals surface area (Å²) in [5.74, 6) is 0.949. The molecule has 2 amide bonds. The first kappa shape index (κ1) is 22.2. The third-order valence-corrected chi connectivity index (χ3v) is 6.73. The second-order valence-electron chi connectivity index (χ2n) is 9.37. The molecule has 4 heterocycles. The molecule has 0 unspecified atom stereocenters. The van der Waals surface area contributed by atoms with Crippen LogP contribution in [0.3, 0.4) is 0 Å². The van der Waals surface area contributed by atoms with Crippen molar-refractivity contribution in [3.05, 3.63) is 77.2 Å². The van der Waals surface area contributed by atoms with Crippen molar-refractivity contribution in [1.29, 1.82) is 0 Å². The van der Waals surface area contributed by atoms with Crippen LogP contribution >= 0.6 is 0 Å². The van der Waals surface area contributed by atoms with Crippen LogP contribution in [0.2, 0.25) is 0 Å². The first-order chi connectivity index (χ1) is 17.6. The maximum atomic E-state index is 13.4. The zero-order valence-electron chi connectivity index (χ0n) is 20.1. The number of carbonyl (C=O) groups excluding carboxylic acids is 2. The highest BCUT2D eigenvalue weighted by atomic mass is 16.2. The number of nitrogens with one attached hydrogen (secondary N) is 2. The average Bonchev–Trinajstić information content (AvgIpc) is 3.71. The maximum Gasteiger partial charge on any atom is 0.252 e. The fourth-order valence-corrected chi connectivity index (χ4v) is 4.68. The van der Waals surface area contributed by atoms with Gasteiger partial charge in [-0.1, -0.05) is 18.2 Å². The van der Waals surface area contributed by atoms with Gasteiger partial charge in [-0.05, 0) is 55.7 Å². The molecule has 9 nitrogen and oxygen atoms in total. The van der Waals surface area contributed by atoms with Crippen molar-refractivity contribution < 1.29 is 9.59 Å². The second-order valence-corrected chi connectivity index (χ2v) is 9.37. The molecule has 1 saturated heterocycles. The molecule has 2 aliphatic rings. The van der Waals surface area contributed by atoms with Crippen LogP contribution in [-0.2, 0) is 11.3 Å². The summed E-state index contributed by atoms with van der Waals surface area (Å²) in [7, 11) is 0. The van der Waals surface area contributed by atoms with Gasteiger partial charge in [0.15, 0.2) is 11.5 Å². The standard InChI is InChI=1S/C27H27N7O2/c1-17-25-21(14-22(19-7-8-19)31-26(25)34(32-17)23-4-2-3-11-28-23)27(36)30-15-18-5-9-20(10-6-18)33-13-12-29-24(35)16-33/h2-6,9-11,14,19H,7-8,12-13,15-16H2,1H3,(H,29,35)(H,30,36). The molecule has 0 radical (unpaired) electrons. The van der Waals surface area contributed by atoms with E-state index >= 15 is 0 Å². The Labute approximate surface area is 208 Å². The van der Waals surface area contributed by atoms with E-state index in [1.807, 2.05) is 55.5 Å². The fraction of sp³-hybridized carbons (Fsp3) is 0.296. The highest BCUT2D eigenvalue weighted by Crippen LogP contribution is 2.40. The first-order valence-electron chi connectivity index (χ1n) is 12.3. The predicted octanol–water partition coefficient (Wildman–Crippen LogP) is 2.87.